The van der Waals surface area contributed by atoms with Crippen LogP contribution in [0, 0.1) is 6.92 Å². The Morgan fingerprint density at radius 2 is 0.741 bits per heavy atom. The van der Waals surface area contributed by atoms with E-state index < -0.39 is 0 Å². The van der Waals surface area contributed by atoms with Crippen LogP contribution in [0.25, 0.3) is 98.4 Å². The van der Waals surface area contributed by atoms with Gasteiger partial charge in [-0.3, -0.25) is 0 Å². The zero-order valence-electron chi connectivity index (χ0n) is 49.4. The zero-order chi connectivity index (χ0) is 57.0. The first-order valence-corrected chi connectivity index (χ1v) is 31.3. The van der Waals surface area contributed by atoms with Gasteiger partial charge in [-0.1, -0.05) is 217 Å². The summed E-state index contributed by atoms with van der Waals surface area (Å²) in [6, 6.07) is 80.1. The molecule has 2 aromatic heterocycles. The van der Waals surface area contributed by atoms with E-state index in [1.807, 2.05) is 0 Å². The van der Waals surface area contributed by atoms with E-state index in [4.69, 9.17) is 8.83 Å². The predicted molar refractivity (Wildman–Crippen MR) is 360 cm³/mol. The summed E-state index contributed by atoms with van der Waals surface area (Å²) in [6.45, 7) is 11.4. The summed E-state index contributed by atoms with van der Waals surface area (Å²) in [5, 5.41) is 12.4. The Balaban J connectivity index is 1.00. The molecular weight excluding hydrogens is 1030 g/mol. The number of anilines is 6. The van der Waals surface area contributed by atoms with Gasteiger partial charge >= 0.3 is 0 Å². The summed E-state index contributed by atoms with van der Waals surface area (Å²) in [4.78, 5) is 5.11. The van der Waals surface area contributed by atoms with Crippen LogP contribution in [0.1, 0.15) is 131 Å². The molecule has 0 saturated heterocycles. The van der Waals surface area contributed by atoms with Crippen molar-refractivity contribution >= 4 is 110 Å². The van der Waals surface area contributed by atoms with Crippen LogP contribution >= 0.6 is 0 Å². The number of aryl methyl sites for hydroxylation is 1. The third-order valence-electron chi connectivity index (χ3n) is 19.6. The molecule has 4 nitrogen and oxygen atoms in total. The molecule has 2 aliphatic rings. The lowest BCUT2D eigenvalue weighted by Gasteiger charge is -2.32. The Bertz CT molecular complexity index is 4860. The van der Waals surface area contributed by atoms with Crippen molar-refractivity contribution < 1.29 is 8.83 Å². The van der Waals surface area contributed by atoms with Gasteiger partial charge in [0, 0.05) is 54.8 Å². The number of hydrogen-bond acceptors (Lipinski definition) is 4. The molecule has 0 amide bonds. The van der Waals surface area contributed by atoms with Gasteiger partial charge in [0.2, 0.25) is 0 Å². The van der Waals surface area contributed by atoms with Gasteiger partial charge in [0.1, 0.15) is 11.2 Å². The number of benzene rings is 12. The molecule has 85 heavy (non-hydrogen) atoms. The largest absolute Gasteiger partial charge is 0.453 e. The van der Waals surface area contributed by atoms with Crippen molar-refractivity contribution in [3.05, 3.63) is 240 Å². The summed E-state index contributed by atoms with van der Waals surface area (Å²) in [6.07, 6.45) is 9.68. The van der Waals surface area contributed by atoms with Gasteiger partial charge in [0.25, 0.3) is 0 Å². The summed E-state index contributed by atoms with van der Waals surface area (Å²) >= 11 is 0. The van der Waals surface area contributed by atoms with Gasteiger partial charge in [-0.05, 0) is 165 Å². The molecule has 12 aromatic carbocycles. The monoisotopic (exact) mass is 1100 g/mol. The van der Waals surface area contributed by atoms with Crippen LogP contribution < -0.4 is 9.80 Å². The number of hydrogen-bond donors (Lipinski definition) is 0. The molecule has 416 valence electrons. The molecule has 0 atom stereocenters. The topological polar surface area (TPSA) is 32.8 Å². The average Bonchev–Trinajstić information content (AvgIpc) is 1.24. The van der Waals surface area contributed by atoms with E-state index in [0.717, 1.165) is 83.3 Å². The van der Waals surface area contributed by atoms with Gasteiger partial charge in [0.05, 0.1) is 22.7 Å². The summed E-state index contributed by atoms with van der Waals surface area (Å²) in [5.41, 5.74) is 21.6. The lowest BCUT2D eigenvalue weighted by Crippen LogP contribution is -2.14. The molecule has 2 aliphatic carbocycles. The predicted octanol–water partition coefficient (Wildman–Crippen LogP) is 24.5. The first kappa shape index (κ1) is 51.5. The van der Waals surface area contributed by atoms with Crippen LogP contribution in [-0.2, 0) is 0 Å². The molecular formula is C81H70N2O2. The average molecular weight is 1100 g/mol. The highest BCUT2D eigenvalue weighted by atomic mass is 16.3. The smallest absolute Gasteiger partial charge is 0.159 e. The Morgan fingerprint density at radius 3 is 1.21 bits per heavy atom. The highest BCUT2D eigenvalue weighted by molar-refractivity contribution is 6.30. The molecule has 0 N–H and O–H groups in total. The third-order valence-corrected chi connectivity index (χ3v) is 19.6. The molecule has 2 saturated carbocycles. The fourth-order valence-corrected chi connectivity index (χ4v) is 15.3. The SMILES string of the molecule is Cc1ccccc1-c1cccc2c1oc1c(N(c3ccc(C(C)C)cc3)c3cc(C4CCCC4)c4ccc5c(N(c6ccc(C(C)C)cc6)c6cccc7c6oc6c(-c8ccccc8)cccc67)cc(C6CCCC6)c6ccc3c4c65)cccc12. The highest BCUT2D eigenvalue weighted by Gasteiger charge is 2.32. The fraction of sp³-hybridized carbons (Fsp3) is 0.210. The highest BCUT2D eigenvalue weighted by Crippen LogP contribution is 2.55. The maximum atomic E-state index is 7.41. The molecule has 0 spiro atoms. The van der Waals surface area contributed by atoms with Crippen LogP contribution in [0.4, 0.5) is 34.1 Å². The Morgan fingerprint density at radius 1 is 0.341 bits per heavy atom. The van der Waals surface area contributed by atoms with Crippen LogP contribution in [0.2, 0.25) is 0 Å². The number of fused-ring (bicyclic) bond motifs is 6. The first-order chi connectivity index (χ1) is 41.8. The third kappa shape index (κ3) is 8.38. The standard InChI is InChI=1S/C81H70N2O2/c1-49(2)52-35-39-57(40-36-52)82(72-33-17-31-66-64-29-15-27-60(78(64)84-80(66)72)54-20-7-6-8-21-54)74-47-70(55-22-10-11-23-55)61-44-46-69-75(48-71(56-24-12-13-25-56)62-43-45-68(74)76(61)77(62)69)83(58-41-37-53(38-42-58)50(3)4)73-34-18-32-67-65-30-16-28-63(79(65)85-81(67)73)59-26-14-9-19-51(59)5/h6-9,14-21,26-50,55-56H,10-13,22-25H2,1-5H3. The van der Waals surface area contributed by atoms with E-state index in [9.17, 15) is 0 Å². The van der Waals surface area contributed by atoms with Gasteiger partial charge in [-0.2, -0.15) is 0 Å². The summed E-state index contributed by atoms with van der Waals surface area (Å²) in [7, 11) is 0. The molecule has 0 aliphatic heterocycles. The van der Waals surface area contributed by atoms with Crippen molar-refractivity contribution in [2.45, 2.75) is 110 Å². The van der Waals surface area contributed by atoms with E-state index in [1.165, 1.54) is 128 Å². The van der Waals surface area contributed by atoms with Crippen molar-refractivity contribution in [2.75, 3.05) is 9.80 Å². The number of rotatable bonds is 12. The zero-order valence-corrected chi connectivity index (χ0v) is 49.4. The molecule has 4 heteroatoms. The maximum absolute atomic E-state index is 7.41. The first-order valence-electron chi connectivity index (χ1n) is 31.3. The van der Waals surface area contributed by atoms with E-state index >= 15 is 0 Å². The molecule has 14 aromatic rings. The molecule has 16 rings (SSSR count). The second-order valence-corrected chi connectivity index (χ2v) is 25.2. The minimum atomic E-state index is 0.395. The Hall–Kier alpha value is -9.12. The minimum absolute atomic E-state index is 0.395. The summed E-state index contributed by atoms with van der Waals surface area (Å²) < 4.78 is 14.8. The molecule has 0 radical (unpaired) electrons. The van der Waals surface area contributed by atoms with Crippen molar-refractivity contribution in [1.82, 2.24) is 0 Å². The fourth-order valence-electron chi connectivity index (χ4n) is 15.3. The van der Waals surface area contributed by atoms with Gasteiger partial charge in [-0.25, -0.2) is 0 Å². The van der Waals surface area contributed by atoms with E-state index in [1.54, 1.807) is 0 Å². The van der Waals surface area contributed by atoms with Gasteiger partial charge < -0.3 is 18.6 Å². The molecule has 2 fully saturated rings. The van der Waals surface area contributed by atoms with Gasteiger partial charge in [0.15, 0.2) is 11.2 Å². The second kappa shape index (κ2) is 20.6. The number of furan rings is 2. The van der Waals surface area contributed by atoms with Crippen molar-refractivity contribution in [3.63, 3.8) is 0 Å². The van der Waals surface area contributed by atoms with Crippen LogP contribution in [0.3, 0.4) is 0 Å². The normalized spacial score (nSPS) is 14.4. The van der Waals surface area contributed by atoms with Crippen LogP contribution in [-0.4, -0.2) is 0 Å². The van der Waals surface area contributed by atoms with E-state index in [2.05, 4.69) is 257 Å². The van der Waals surface area contributed by atoms with Crippen molar-refractivity contribution in [3.8, 4) is 22.3 Å². The van der Waals surface area contributed by atoms with Gasteiger partial charge in [-0.15, -0.1) is 0 Å². The second-order valence-electron chi connectivity index (χ2n) is 25.2. The quantitative estimate of drug-likeness (QED) is 0.114. The van der Waals surface area contributed by atoms with E-state index in [0.29, 0.717) is 23.7 Å². The molecule has 0 unspecified atom stereocenters. The number of para-hydroxylation sites is 4. The van der Waals surface area contributed by atoms with Crippen LogP contribution in [0.15, 0.2) is 221 Å². The minimum Gasteiger partial charge on any atom is -0.453 e. The molecule has 2 heterocycles. The van der Waals surface area contributed by atoms with Crippen molar-refractivity contribution in [2.24, 2.45) is 0 Å². The maximum Gasteiger partial charge on any atom is 0.159 e. The lowest BCUT2D eigenvalue weighted by atomic mass is 9.82. The lowest BCUT2D eigenvalue weighted by molar-refractivity contribution is 0.670. The number of nitrogens with zero attached hydrogens (tertiary/aromatic N) is 2. The van der Waals surface area contributed by atoms with Crippen molar-refractivity contribution in [1.29, 1.82) is 0 Å². The van der Waals surface area contributed by atoms with E-state index in [-0.39, 0.29) is 0 Å². The molecule has 0 bridgehead atoms. The Labute approximate surface area is 498 Å². The Kier molecular flexibility index (Phi) is 12.5. The summed E-state index contributed by atoms with van der Waals surface area (Å²) in [5.74, 6) is 1.66. The van der Waals surface area contributed by atoms with Crippen LogP contribution in [0.5, 0.6) is 0 Å².